The summed E-state index contributed by atoms with van der Waals surface area (Å²) in [5.74, 6) is -0.559. The van der Waals surface area contributed by atoms with Crippen LogP contribution in [0.2, 0.25) is 0 Å². The van der Waals surface area contributed by atoms with Crippen molar-refractivity contribution in [3.8, 4) is 0 Å². The molecule has 0 amide bonds. The smallest absolute Gasteiger partial charge is 0.243 e. The highest BCUT2D eigenvalue weighted by Gasteiger charge is 2.22. The summed E-state index contributed by atoms with van der Waals surface area (Å²) in [4.78, 5) is -0.108. The summed E-state index contributed by atoms with van der Waals surface area (Å²) in [6, 6.07) is 3.76. The topological polar surface area (TPSA) is 57.6 Å². The fourth-order valence-electron chi connectivity index (χ4n) is 1.38. The third-order valence-electron chi connectivity index (χ3n) is 2.37. The van der Waals surface area contributed by atoms with Crippen molar-refractivity contribution in [1.82, 2.24) is 4.31 Å². The Balaban J connectivity index is 3.09. The molecule has 0 heterocycles. The summed E-state index contributed by atoms with van der Waals surface area (Å²) < 4.78 is 38.3. The molecule has 1 unspecified atom stereocenters. The van der Waals surface area contributed by atoms with Gasteiger partial charge in [-0.3, -0.25) is 0 Å². The summed E-state index contributed by atoms with van der Waals surface area (Å²) >= 11 is 0. The van der Waals surface area contributed by atoms with Crippen molar-refractivity contribution in [1.29, 1.82) is 0 Å². The third-order valence-corrected chi connectivity index (χ3v) is 4.19. The Morgan fingerprint density at radius 1 is 1.47 bits per heavy atom. The number of aryl methyl sites for hydroxylation is 1. The van der Waals surface area contributed by atoms with Gasteiger partial charge in [0.15, 0.2) is 0 Å². The van der Waals surface area contributed by atoms with Crippen LogP contribution >= 0.6 is 0 Å². The largest absolute Gasteiger partial charge is 0.392 e. The fraction of sp³-hybridized carbons (Fsp3) is 0.455. The average Bonchev–Trinajstić information content (AvgIpc) is 2.20. The monoisotopic (exact) mass is 261 g/mol. The fourth-order valence-corrected chi connectivity index (χ4v) is 2.65. The molecule has 0 aliphatic heterocycles. The van der Waals surface area contributed by atoms with Crippen LogP contribution in [0.4, 0.5) is 4.39 Å². The van der Waals surface area contributed by atoms with Gasteiger partial charge < -0.3 is 5.11 Å². The molecule has 0 saturated heterocycles. The van der Waals surface area contributed by atoms with E-state index in [2.05, 4.69) is 0 Å². The molecular formula is C11H16FNO3S. The first-order valence-corrected chi connectivity index (χ1v) is 6.59. The maximum absolute atomic E-state index is 13.3. The van der Waals surface area contributed by atoms with Gasteiger partial charge in [-0.15, -0.1) is 0 Å². The average molecular weight is 261 g/mol. The molecule has 17 heavy (non-hydrogen) atoms. The Bertz CT molecular complexity index is 499. The summed E-state index contributed by atoms with van der Waals surface area (Å²) in [7, 11) is -2.39. The zero-order valence-electron chi connectivity index (χ0n) is 10.0. The highest BCUT2D eigenvalue weighted by Crippen LogP contribution is 2.17. The van der Waals surface area contributed by atoms with E-state index in [1.54, 1.807) is 6.92 Å². The highest BCUT2D eigenvalue weighted by atomic mass is 32.2. The number of likely N-dealkylation sites (N-methyl/N-ethyl adjacent to an activating group) is 1. The predicted molar refractivity (Wildman–Crippen MR) is 62.6 cm³/mol. The molecule has 96 valence electrons. The minimum Gasteiger partial charge on any atom is -0.392 e. The molecule has 0 saturated carbocycles. The van der Waals surface area contributed by atoms with Crippen LogP contribution in [0.1, 0.15) is 12.5 Å². The summed E-state index contributed by atoms with van der Waals surface area (Å²) in [6.07, 6.45) is -0.773. The van der Waals surface area contributed by atoms with E-state index >= 15 is 0 Å². The molecule has 0 aliphatic carbocycles. The first kappa shape index (κ1) is 14.1. The SMILES string of the molecule is Cc1ccc(S(=O)(=O)N(C)CC(C)O)cc1F. The number of benzene rings is 1. The molecule has 1 aromatic rings. The van der Waals surface area contributed by atoms with Gasteiger partial charge >= 0.3 is 0 Å². The lowest BCUT2D eigenvalue weighted by Crippen LogP contribution is -2.33. The molecule has 0 bridgehead atoms. The number of aliphatic hydroxyl groups excluding tert-OH is 1. The van der Waals surface area contributed by atoms with Gasteiger partial charge in [0.25, 0.3) is 0 Å². The Hall–Kier alpha value is -0.980. The lowest BCUT2D eigenvalue weighted by Gasteiger charge is -2.18. The van der Waals surface area contributed by atoms with Crippen molar-refractivity contribution in [3.63, 3.8) is 0 Å². The van der Waals surface area contributed by atoms with Crippen LogP contribution in [0.5, 0.6) is 0 Å². The maximum atomic E-state index is 13.3. The normalized spacial score (nSPS) is 14.0. The number of aliphatic hydroxyl groups is 1. The minimum atomic E-state index is -3.74. The second-order valence-corrected chi connectivity index (χ2v) is 6.09. The van der Waals surface area contributed by atoms with E-state index in [0.717, 1.165) is 10.4 Å². The van der Waals surface area contributed by atoms with Crippen molar-refractivity contribution in [3.05, 3.63) is 29.6 Å². The van der Waals surface area contributed by atoms with E-state index in [-0.39, 0.29) is 11.4 Å². The lowest BCUT2D eigenvalue weighted by molar-refractivity contribution is 0.171. The summed E-state index contributed by atoms with van der Waals surface area (Å²) in [5.41, 5.74) is 0.391. The van der Waals surface area contributed by atoms with Gasteiger partial charge in [0.2, 0.25) is 10.0 Å². The zero-order valence-corrected chi connectivity index (χ0v) is 10.8. The molecule has 1 aromatic carbocycles. The molecule has 0 radical (unpaired) electrons. The number of halogens is 1. The molecule has 1 N–H and O–H groups in total. The van der Waals surface area contributed by atoms with Crippen LogP contribution in [-0.2, 0) is 10.0 Å². The Kier molecular flexibility index (Phi) is 4.24. The van der Waals surface area contributed by atoms with Gasteiger partial charge in [-0.2, -0.15) is 4.31 Å². The van der Waals surface area contributed by atoms with Crippen molar-refractivity contribution in [2.24, 2.45) is 0 Å². The van der Waals surface area contributed by atoms with Crippen LogP contribution < -0.4 is 0 Å². The molecule has 0 aliphatic rings. The quantitative estimate of drug-likeness (QED) is 0.884. The van der Waals surface area contributed by atoms with Gasteiger partial charge in [0, 0.05) is 13.6 Å². The lowest BCUT2D eigenvalue weighted by atomic mass is 10.2. The van der Waals surface area contributed by atoms with E-state index in [1.165, 1.54) is 26.1 Å². The molecule has 4 nitrogen and oxygen atoms in total. The molecule has 0 spiro atoms. The maximum Gasteiger partial charge on any atom is 0.243 e. The van der Waals surface area contributed by atoms with Crippen molar-refractivity contribution < 1.29 is 17.9 Å². The Labute approximate surface area is 101 Å². The van der Waals surface area contributed by atoms with Gasteiger partial charge in [0.1, 0.15) is 5.82 Å². The van der Waals surface area contributed by atoms with E-state index < -0.39 is 21.9 Å². The second-order valence-electron chi connectivity index (χ2n) is 4.05. The van der Waals surface area contributed by atoms with E-state index in [1.807, 2.05) is 0 Å². The van der Waals surface area contributed by atoms with Gasteiger partial charge in [-0.1, -0.05) is 6.07 Å². The summed E-state index contributed by atoms with van der Waals surface area (Å²) in [6.45, 7) is 3.02. The Morgan fingerprint density at radius 2 is 2.06 bits per heavy atom. The molecule has 0 fully saturated rings. The van der Waals surface area contributed by atoms with Gasteiger partial charge in [0.05, 0.1) is 11.0 Å². The minimum absolute atomic E-state index is 0.0299. The molecular weight excluding hydrogens is 245 g/mol. The van der Waals surface area contributed by atoms with E-state index in [4.69, 9.17) is 5.11 Å². The summed E-state index contributed by atoms with van der Waals surface area (Å²) in [5, 5.41) is 9.15. The Morgan fingerprint density at radius 3 is 2.53 bits per heavy atom. The van der Waals surface area contributed by atoms with Crippen molar-refractivity contribution >= 4 is 10.0 Å². The van der Waals surface area contributed by atoms with Gasteiger partial charge in [-0.05, 0) is 31.5 Å². The highest BCUT2D eigenvalue weighted by molar-refractivity contribution is 7.89. The molecule has 1 rings (SSSR count). The number of rotatable bonds is 4. The van der Waals surface area contributed by atoms with Gasteiger partial charge in [-0.25, -0.2) is 12.8 Å². The van der Waals surface area contributed by atoms with Crippen LogP contribution in [0.15, 0.2) is 23.1 Å². The van der Waals surface area contributed by atoms with E-state index in [9.17, 15) is 12.8 Å². The van der Waals surface area contributed by atoms with Crippen LogP contribution in [0.25, 0.3) is 0 Å². The van der Waals surface area contributed by atoms with Crippen LogP contribution in [-0.4, -0.2) is 37.5 Å². The van der Waals surface area contributed by atoms with Crippen molar-refractivity contribution in [2.75, 3.05) is 13.6 Å². The van der Waals surface area contributed by atoms with Crippen LogP contribution in [0.3, 0.4) is 0 Å². The predicted octanol–water partition coefficient (Wildman–Crippen LogP) is 1.14. The zero-order chi connectivity index (χ0) is 13.2. The third kappa shape index (κ3) is 3.24. The number of nitrogens with zero attached hydrogens (tertiary/aromatic N) is 1. The molecule has 0 aromatic heterocycles. The number of hydrogen-bond donors (Lipinski definition) is 1. The second kappa shape index (κ2) is 5.12. The first-order chi connectivity index (χ1) is 7.75. The van der Waals surface area contributed by atoms with E-state index in [0.29, 0.717) is 5.56 Å². The first-order valence-electron chi connectivity index (χ1n) is 5.15. The van der Waals surface area contributed by atoms with Crippen LogP contribution in [0, 0.1) is 12.7 Å². The number of sulfonamides is 1. The standard InChI is InChI=1S/C11H16FNO3S/c1-8-4-5-10(6-11(8)12)17(15,16)13(3)7-9(2)14/h4-6,9,14H,7H2,1-3H3. The molecule has 6 heteroatoms. The van der Waals surface area contributed by atoms with Crippen molar-refractivity contribution in [2.45, 2.75) is 24.8 Å². The number of hydrogen-bond acceptors (Lipinski definition) is 3. The molecule has 1 atom stereocenters.